The molecule has 1 atom stereocenters. The molecule has 2 aliphatic rings. The smallest absolute Gasteiger partial charge is 0.255 e. The van der Waals surface area contributed by atoms with E-state index in [-0.39, 0.29) is 18.2 Å². The van der Waals surface area contributed by atoms with Crippen LogP contribution >= 0.6 is 0 Å². The van der Waals surface area contributed by atoms with Crippen LogP contribution in [-0.4, -0.2) is 35.8 Å². The van der Waals surface area contributed by atoms with E-state index in [1.165, 1.54) is 0 Å². The standard InChI is InChI=1S/C15H16N2O4/c1-8-5-10(21-2)6-9-7-17(15(20)13(8)9)11-3-4-12(18)16-14(11)19/h5-6,11H,3-4,7H2,1-2H3,(H,16,18,19). The van der Waals surface area contributed by atoms with Crippen LogP contribution in [0.4, 0.5) is 0 Å². The predicted octanol–water partition coefficient (Wildman–Crippen LogP) is 0.765. The van der Waals surface area contributed by atoms with Crippen molar-refractivity contribution in [3.05, 3.63) is 28.8 Å². The summed E-state index contributed by atoms with van der Waals surface area (Å²) in [6.07, 6.45) is 0.638. The highest BCUT2D eigenvalue weighted by Crippen LogP contribution is 2.32. The van der Waals surface area contributed by atoms with Crippen molar-refractivity contribution in [2.75, 3.05) is 7.11 Å². The number of imide groups is 1. The van der Waals surface area contributed by atoms with Crippen LogP contribution in [0.5, 0.6) is 5.75 Å². The van der Waals surface area contributed by atoms with Gasteiger partial charge < -0.3 is 9.64 Å². The van der Waals surface area contributed by atoms with Crippen molar-refractivity contribution in [1.29, 1.82) is 0 Å². The van der Waals surface area contributed by atoms with Crippen molar-refractivity contribution in [1.82, 2.24) is 10.2 Å². The molecule has 0 bridgehead atoms. The van der Waals surface area contributed by atoms with E-state index in [1.54, 1.807) is 12.0 Å². The summed E-state index contributed by atoms with van der Waals surface area (Å²) in [6, 6.07) is 3.06. The second kappa shape index (κ2) is 4.87. The Hall–Kier alpha value is -2.37. The van der Waals surface area contributed by atoms with Crippen molar-refractivity contribution in [3.63, 3.8) is 0 Å². The van der Waals surface area contributed by atoms with Crippen LogP contribution in [-0.2, 0) is 16.1 Å². The zero-order valence-electron chi connectivity index (χ0n) is 11.9. The SMILES string of the molecule is COc1cc(C)c2c(c1)CN(C1CCC(=O)NC1=O)C2=O. The van der Waals surface area contributed by atoms with Crippen molar-refractivity contribution in [2.24, 2.45) is 0 Å². The Morgan fingerprint density at radius 3 is 2.71 bits per heavy atom. The minimum atomic E-state index is -0.576. The molecule has 0 aromatic heterocycles. The van der Waals surface area contributed by atoms with Crippen molar-refractivity contribution < 1.29 is 19.1 Å². The summed E-state index contributed by atoms with van der Waals surface area (Å²) in [4.78, 5) is 37.3. The van der Waals surface area contributed by atoms with E-state index in [0.717, 1.165) is 11.1 Å². The minimum absolute atomic E-state index is 0.153. The number of carbonyl (C=O) groups excluding carboxylic acids is 3. The van der Waals surface area contributed by atoms with Crippen LogP contribution in [0.2, 0.25) is 0 Å². The Kier molecular flexibility index (Phi) is 3.16. The van der Waals surface area contributed by atoms with Crippen LogP contribution < -0.4 is 10.1 Å². The summed E-state index contributed by atoms with van der Waals surface area (Å²) in [6.45, 7) is 2.23. The lowest BCUT2D eigenvalue weighted by molar-refractivity contribution is -0.136. The third kappa shape index (κ3) is 2.16. The predicted molar refractivity (Wildman–Crippen MR) is 73.8 cm³/mol. The Balaban J connectivity index is 1.92. The molecule has 6 nitrogen and oxygen atoms in total. The molecule has 3 amide bonds. The minimum Gasteiger partial charge on any atom is -0.497 e. The van der Waals surface area contributed by atoms with Gasteiger partial charge in [0.25, 0.3) is 5.91 Å². The van der Waals surface area contributed by atoms with Crippen molar-refractivity contribution in [3.8, 4) is 5.75 Å². The molecule has 110 valence electrons. The van der Waals surface area contributed by atoms with E-state index in [4.69, 9.17) is 4.74 Å². The van der Waals surface area contributed by atoms with Gasteiger partial charge in [0.15, 0.2) is 0 Å². The summed E-state index contributed by atoms with van der Waals surface area (Å²) in [5.74, 6) is -0.126. The molecule has 6 heteroatoms. The van der Waals surface area contributed by atoms with Crippen LogP contribution in [0.15, 0.2) is 12.1 Å². The first-order chi connectivity index (χ1) is 10.0. The van der Waals surface area contributed by atoms with E-state index in [9.17, 15) is 14.4 Å². The Bertz CT molecular complexity index is 653. The average Bonchev–Trinajstić information content (AvgIpc) is 2.76. The van der Waals surface area contributed by atoms with E-state index in [0.29, 0.717) is 24.3 Å². The van der Waals surface area contributed by atoms with Gasteiger partial charge in [-0.1, -0.05) is 0 Å². The summed E-state index contributed by atoms with van der Waals surface area (Å²) in [5, 5.41) is 2.29. The number of methoxy groups -OCH3 is 1. The fourth-order valence-electron chi connectivity index (χ4n) is 3.00. The Morgan fingerprint density at radius 2 is 2.05 bits per heavy atom. The van der Waals surface area contributed by atoms with Gasteiger partial charge in [-0.2, -0.15) is 0 Å². The highest BCUT2D eigenvalue weighted by molar-refractivity contribution is 6.06. The first-order valence-electron chi connectivity index (χ1n) is 6.83. The number of rotatable bonds is 2. The van der Waals surface area contributed by atoms with Gasteiger partial charge in [0, 0.05) is 18.5 Å². The van der Waals surface area contributed by atoms with Crippen molar-refractivity contribution >= 4 is 17.7 Å². The summed E-state index contributed by atoms with van der Waals surface area (Å²) in [7, 11) is 1.58. The highest BCUT2D eigenvalue weighted by atomic mass is 16.5. The molecule has 1 fully saturated rings. The number of amides is 3. The maximum Gasteiger partial charge on any atom is 0.255 e. The molecule has 0 aliphatic carbocycles. The quantitative estimate of drug-likeness (QED) is 0.815. The third-order valence-electron chi connectivity index (χ3n) is 4.03. The van der Waals surface area contributed by atoms with Gasteiger partial charge in [-0.3, -0.25) is 19.7 Å². The summed E-state index contributed by atoms with van der Waals surface area (Å²) >= 11 is 0. The number of piperidine rings is 1. The van der Waals surface area contributed by atoms with Gasteiger partial charge in [0.1, 0.15) is 11.8 Å². The molecule has 1 aromatic rings. The maximum absolute atomic E-state index is 12.6. The molecular formula is C15H16N2O4. The fourth-order valence-corrected chi connectivity index (χ4v) is 3.00. The lowest BCUT2D eigenvalue weighted by atomic mass is 10.0. The fraction of sp³-hybridized carbons (Fsp3) is 0.400. The molecule has 0 spiro atoms. The molecule has 3 rings (SSSR count). The molecule has 21 heavy (non-hydrogen) atoms. The van der Waals surface area contributed by atoms with Crippen LogP contribution in [0.25, 0.3) is 0 Å². The van der Waals surface area contributed by atoms with Crippen LogP contribution in [0.1, 0.15) is 34.3 Å². The van der Waals surface area contributed by atoms with Gasteiger partial charge in [-0.15, -0.1) is 0 Å². The monoisotopic (exact) mass is 288 g/mol. The summed E-state index contributed by atoms with van der Waals surface area (Å²) < 4.78 is 5.22. The first-order valence-corrected chi connectivity index (χ1v) is 6.83. The Morgan fingerprint density at radius 1 is 1.29 bits per heavy atom. The van der Waals surface area contributed by atoms with Crippen LogP contribution in [0.3, 0.4) is 0 Å². The van der Waals surface area contributed by atoms with Gasteiger partial charge >= 0.3 is 0 Å². The molecule has 1 unspecified atom stereocenters. The number of carbonyl (C=O) groups is 3. The van der Waals surface area contributed by atoms with Crippen molar-refractivity contribution in [2.45, 2.75) is 32.4 Å². The molecule has 1 aromatic carbocycles. The number of benzene rings is 1. The lowest BCUT2D eigenvalue weighted by Gasteiger charge is -2.29. The molecule has 0 radical (unpaired) electrons. The molecular weight excluding hydrogens is 272 g/mol. The maximum atomic E-state index is 12.6. The average molecular weight is 288 g/mol. The number of nitrogens with zero attached hydrogens (tertiary/aromatic N) is 1. The van der Waals surface area contributed by atoms with E-state index < -0.39 is 11.9 Å². The molecule has 1 N–H and O–H groups in total. The number of hydrogen-bond acceptors (Lipinski definition) is 4. The normalized spacial score (nSPS) is 21.3. The summed E-state index contributed by atoms with van der Waals surface area (Å²) in [5.41, 5.74) is 2.34. The first kappa shape index (κ1) is 13.6. The number of hydrogen-bond donors (Lipinski definition) is 1. The number of fused-ring (bicyclic) bond motifs is 1. The largest absolute Gasteiger partial charge is 0.497 e. The second-order valence-corrected chi connectivity index (χ2v) is 5.38. The van der Waals surface area contributed by atoms with E-state index >= 15 is 0 Å². The number of aryl methyl sites for hydroxylation is 1. The second-order valence-electron chi connectivity index (χ2n) is 5.38. The van der Waals surface area contributed by atoms with Gasteiger partial charge in [0.2, 0.25) is 11.8 Å². The van der Waals surface area contributed by atoms with E-state index in [1.807, 2.05) is 19.1 Å². The van der Waals surface area contributed by atoms with Crippen LogP contribution in [0, 0.1) is 6.92 Å². The molecule has 2 aliphatic heterocycles. The molecule has 0 saturated carbocycles. The molecule has 2 heterocycles. The highest BCUT2D eigenvalue weighted by Gasteiger charge is 2.39. The topological polar surface area (TPSA) is 75.7 Å². The Labute approximate surface area is 122 Å². The lowest BCUT2D eigenvalue weighted by Crippen LogP contribution is -2.52. The zero-order chi connectivity index (χ0) is 15.1. The number of nitrogens with one attached hydrogen (secondary N) is 1. The van der Waals surface area contributed by atoms with Gasteiger partial charge in [-0.25, -0.2) is 0 Å². The molecule has 1 saturated heterocycles. The van der Waals surface area contributed by atoms with Gasteiger partial charge in [0.05, 0.1) is 7.11 Å². The zero-order valence-corrected chi connectivity index (χ0v) is 11.9. The number of ether oxygens (including phenoxy) is 1. The van der Waals surface area contributed by atoms with E-state index in [2.05, 4.69) is 5.32 Å². The third-order valence-corrected chi connectivity index (χ3v) is 4.03. The van der Waals surface area contributed by atoms with Gasteiger partial charge in [-0.05, 0) is 36.6 Å².